The third-order valence-electron chi connectivity index (χ3n) is 3.80. The maximum Gasteiger partial charge on any atom is 0.182 e. The molecule has 1 fully saturated rings. The number of aromatic nitrogens is 4. The second-order valence-electron chi connectivity index (χ2n) is 5.08. The molecule has 1 aliphatic rings. The molecule has 4 heterocycles. The van der Waals surface area contributed by atoms with Crippen LogP contribution in [-0.2, 0) is 0 Å². The Morgan fingerprint density at radius 2 is 2.33 bits per heavy atom. The summed E-state index contributed by atoms with van der Waals surface area (Å²) in [7, 11) is 0. The van der Waals surface area contributed by atoms with E-state index in [0.717, 1.165) is 29.9 Å². The summed E-state index contributed by atoms with van der Waals surface area (Å²) in [5.74, 6) is 0.954. The SMILES string of the molecule is C(=C\C1CCCN1c1ncnc2nc[nH]c12)/c1cccs1. The number of nitrogens with one attached hydrogen (secondary N) is 1. The topological polar surface area (TPSA) is 57.7 Å². The lowest BCUT2D eigenvalue weighted by Crippen LogP contribution is -2.28. The molecular formula is C15H15N5S. The molecule has 21 heavy (non-hydrogen) atoms. The van der Waals surface area contributed by atoms with Gasteiger partial charge in [-0.15, -0.1) is 11.3 Å². The average Bonchev–Trinajstić information content (AvgIpc) is 3.25. The van der Waals surface area contributed by atoms with Gasteiger partial charge >= 0.3 is 0 Å². The predicted octanol–water partition coefficient (Wildman–Crippen LogP) is 3.10. The maximum absolute atomic E-state index is 4.47. The van der Waals surface area contributed by atoms with Gasteiger partial charge in [0, 0.05) is 17.5 Å². The zero-order valence-electron chi connectivity index (χ0n) is 11.4. The fourth-order valence-corrected chi connectivity index (χ4v) is 3.45. The highest BCUT2D eigenvalue weighted by atomic mass is 32.1. The predicted molar refractivity (Wildman–Crippen MR) is 85.4 cm³/mol. The van der Waals surface area contributed by atoms with Gasteiger partial charge in [-0.25, -0.2) is 15.0 Å². The first kappa shape index (κ1) is 12.5. The molecule has 3 aromatic rings. The van der Waals surface area contributed by atoms with Gasteiger partial charge in [-0.05, 0) is 30.4 Å². The number of aromatic amines is 1. The van der Waals surface area contributed by atoms with Crippen molar-refractivity contribution in [2.45, 2.75) is 18.9 Å². The first-order valence-corrected chi connectivity index (χ1v) is 7.92. The van der Waals surface area contributed by atoms with E-state index < -0.39 is 0 Å². The molecule has 4 rings (SSSR count). The van der Waals surface area contributed by atoms with Gasteiger partial charge in [0.05, 0.1) is 6.33 Å². The fraction of sp³-hybridized carbons (Fsp3) is 0.267. The largest absolute Gasteiger partial charge is 0.348 e. The first-order valence-electron chi connectivity index (χ1n) is 7.04. The van der Waals surface area contributed by atoms with Gasteiger partial charge < -0.3 is 9.88 Å². The smallest absolute Gasteiger partial charge is 0.182 e. The van der Waals surface area contributed by atoms with E-state index in [0.29, 0.717) is 6.04 Å². The molecule has 1 atom stereocenters. The van der Waals surface area contributed by atoms with E-state index in [1.54, 1.807) is 24.0 Å². The Bertz CT molecular complexity index is 761. The highest BCUT2D eigenvalue weighted by Gasteiger charge is 2.25. The number of rotatable bonds is 3. The zero-order chi connectivity index (χ0) is 14.1. The summed E-state index contributed by atoms with van der Waals surface area (Å²) in [4.78, 5) is 19.7. The molecule has 1 N–H and O–H groups in total. The Balaban J connectivity index is 1.66. The van der Waals surface area contributed by atoms with Gasteiger partial charge in [-0.1, -0.05) is 12.1 Å². The number of H-pyrrole nitrogens is 1. The highest BCUT2D eigenvalue weighted by molar-refractivity contribution is 7.10. The molecule has 0 amide bonds. The van der Waals surface area contributed by atoms with E-state index >= 15 is 0 Å². The molecule has 0 aromatic carbocycles. The van der Waals surface area contributed by atoms with Crippen LogP contribution >= 0.6 is 11.3 Å². The van der Waals surface area contributed by atoms with Crippen molar-refractivity contribution in [2.75, 3.05) is 11.4 Å². The van der Waals surface area contributed by atoms with Gasteiger partial charge in [0.1, 0.15) is 11.8 Å². The second-order valence-corrected chi connectivity index (χ2v) is 6.06. The van der Waals surface area contributed by atoms with Crippen molar-refractivity contribution in [1.29, 1.82) is 0 Å². The summed E-state index contributed by atoms with van der Waals surface area (Å²) in [6, 6.07) is 4.60. The van der Waals surface area contributed by atoms with Crippen LogP contribution in [0.1, 0.15) is 17.7 Å². The van der Waals surface area contributed by atoms with Crippen LogP contribution in [0.3, 0.4) is 0 Å². The maximum atomic E-state index is 4.47. The van der Waals surface area contributed by atoms with Gasteiger partial charge in [0.2, 0.25) is 0 Å². The summed E-state index contributed by atoms with van der Waals surface area (Å²) in [5, 5.41) is 2.10. The first-order chi connectivity index (χ1) is 10.4. The van der Waals surface area contributed by atoms with Gasteiger partial charge in [0.15, 0.2) is 11.5 Å². The fourth-order valence-electron chi connectivity index (χ4n) is 2.82. The monoisotopic (exact) mass is 297 g/mol. The van der Waals surface area contributed by atoms with Crippen LogP contribution in [0.2, 0.25) is 0 Å². The van der Waals surface area contributed by atoms with E-state index in [1.165, 1.54) is 11.3 Å². The number of anilines is 1. The van der Waals surface area contributed by atoms with Crippen LogP contribution in [0.25, 0.3) is 17.2 Å². The minimum Gasteiger partial charge on any atom is -0.348 e. The van der Waals surface area contributed by atoms with Gasteiger partial charge in [-0.2, -0.15) is 0 Å². The molecule has 0 spiro atoms. The summed E-state index contributed by atoms with van der Waals surface area (Å²) in [6.45, 7) is 1.02. The molecule has 5 nitrogen and oxygen atoms in total. The molecule has 0 bridgehead atoms. The quantitative estimate of drug-likeness (QED) is 0.807. The Labute approximate surface area is 126 Å². The molecule has 1 unspecified atom stereocenters. The standard InChI is InChI=1S/C15H15N5S/c1-3-11(5-6-12-4-2-8-21-12)20(7-1)15-13-14(17-9-16-13)18-10-19-15/h2,4-6,8-11H,1,3,7H2,(H,16,17,18,19)/b6-5+. The Kier molecular flexibility index (Phi) is 3.16. The average molecular weight is 297 g/mol. The van der Waals surface area contributed by atoms with Gasteiger partial charge in [-0.3, -0.25) is 0 Å². The van der Waals surface area contributed by atoms with Crippen molar-refractivity contribution >= 4 is 34.4 Å². The van der Waals surface area contributed by atoms with E-state index in [1.807, 2.05) is 0 Å². The van der Waals surface area contributed by atoms with Crippen LogP contribution < -0.4 is 4.90 Å². The summed E-state index contributed by atoms with van der Waals surface area (Å²) in [6.07, 6.45) is 10.1. The van der Waals surface area contributed by atoms with Crippen molar-refractivity contribution < 1.29 is 0 Å². The van der Waals surface area contributed by atoms with E-state index in [9.17, 15) is 0 Å². The molecule has 6 heteroatoms. The number of hydrogen-bond donors (Lipinski definition) is 1. The van der Waals surface area contributed by atoms with Crippen molar-refractivity contribution in [3.8, 4) is 0 Å². The Morgan fingerprint density at radius 3 is 3.24 bits per heavy atom. The molecular weight excluding hydrogens is 282 g/mol. The summed E-state index contributed by atoms with van der Waals surface area (Å²) in [5.41, 5.74) is 1.65. The number of imidazole rings is 1. The number of thiophene rings is 1. The lowest BCUT2D eigenvalue weighted by molar-refractivity contribution is 0.799. The van der Waals surface area contributed by atoms with Crippen molar-refractivity contribution in [3.63, 3.8) is 0 Å². The molecule has 1 saturated heterocycles. The normalized spacial score (nSPS) is 19.0. The molecule has 1 aliphatic heterocycles. The van der Waals surface area contributed by atoms with Crippen LogP contribution in [0, 0.1) is 0 Å². The van der Waals surface area contributed by atoms with Crippen molar-refractivity contribution in [2.24, 2.45) is 0 Å². The van der Waals surface area contributed by atoms with Crippen LogP contribution in [0.4, 0.5) is 5.82 Å². The zero-order valence-corrected chi connectivity index (χ0v) is 12.3. The summed E-state index contributed by atoms with van der Waals surface area (Å²) >= 11 is 1.76. The molecule has 0 aliphatic carbocycles. The van der Waals surface area contributed by atoms with E-state index in [2.05, 4.69) is 54.5 Å². The van der Waals surface area contributed by atoms with Crippen LogP contribution in [-0.4, -0.2) is 32.5 Å². The number of nitrogens with zero attached hydrogens (tertiary/aromatic N) is 4. The van der Waals surface area contributed by atoms with Crippen LogP contribution in [0.15, 0.2) is 36.2 Å². The Hall–Kier alpha value is -2.21. The van der Waals surface area contributed by atoms with E-state index in [-0.39, 0.29) is 0 Å². The second kappa shape index (κ2) is 5.29. The third-order valence-corrected chi connectivity index (χ3v) is 4.64. The van der Waals surface area contributed by atoms with Crippen molar-refractivity contribution in [1.82, 2.24) is 19.9 Å². The lowest BCUT2D eigenvalue weighted by Gasteiger charge is -2.23. The van der Waals surface area contributed by atoms with Gasteiger partial charge in [0.25, 0.3) is 0 Å². The highest BCUT2D eigenvalue weighted by Crippen LogP contribution is 2.29. The lowest BCUT2D eigenvalue weighted by atomic mass is 10.2. The molecule has 0 radical (unpaired) electrons. The number of fused-ring (bicyclic) bond motifs is 1. The van der Waals surface area contributed by atoms with Crippen LogP contribution in [0.5, 0.6) is 0 Å². The molecule has 106 valence electrons. The van der Waals surface area contributed by atoms with E-state index in [4.69, 9.17) is 0 Å². The number of hydrogen-bond acceptors (Lipinski definition) is 5. The van der Waals surface area contributed by atoms with Crippen molar-refractivity contribution in [3.05, 3.63) is 41.1 Å². The Morgan fingerprint density at radius 1 is 1.33 bits per heavy atom. The minimum absolute atomic E-state index is 0.383. The third kappa shape index (κ3) is 2.31. The summed E-state index contributed by atoms with van der Waals surface area (Å²) < 4.78 is 0. The minimum atomic E-state index is 0.383. The molecule has 3 aromatic heterocycles. The molecule has 0 saturated carbocycles.